The topological polar surface area (TPSA) is 12.0 Å². The minimum atomic E-state index is 0.482. The standard InChI is InChI=1S/C28H23N/c1-17-18(2)29-28-22(17)12-13-26-24-9-5-8-23(25(24)14-15-27(26)28)21-11-10-19-6-3-4-7-20(19)16-21/h3-18,29H,1-2H3. The van der Waals surface area contributed by atoms with Gasteiger partial charge in [-0.2, -0.15) is 0 Å². The quantitative estimate of drug-likeness (QED) is 0.296. The summed E-state index contributed by atoms with van der Waals surface area (Å²) in [6.45, 7) is 4.59. The maximum atomic E-state index is 3.72. The van der Waals surface area contributed by atoms with E-state index in [2.05, 4.69) is 104 Å². The molecule has 0 fully saturated rings. The Bertz CT molecular complexity index is 1410. The van der Waals surface area contributed by atoms with E-state index >= 15 is 0 Å². The van der Waals surface area contributed by atoms with Crippen LogP contribution in [0.5, 0.6) is 0 Å². The molecule has 5 aromatic rings. The summed E-state index contributed by atoms with van der Waals surface area (Å²) in [5.41, 5.74) is 5.33. The van der Waals surface area contributed by atoms with E-state index in [9.17, 15) is 0 Å². The number of fused-ring (bicyclic) bond motifs is 6. The molecule has 6 rings (SSSR count). The Labute approximate surface area is 171 Å². The first-order valence-electron chi connectivity index (χ1n) is 10.4. The van der Waals surface area contributed by atoms with Crippen molar-refractivity contribution in [3.63, 3.8) is 0 Å². The minimum Gasteiger partial charge on any atom is -0.381 e. The van der Waals surface area contributed by atoms with Crippen LogP contribution in [0.25, 0.3) is 43.4 Å². The van der Waals surface area contributed by atoms with Crippen molar-refractivity contribution in [2.75, 3.05) is 5.32 Å². The first-order chi connectivity index (χ1) is 14.2. The third-order valence-corrected chi connectivity index (χ3v) is 6.76. The summed E-state index contributed by atoms with van der Waals surface area (Å²) in [5, 5.41) is 11.6. The highest BCUT2D eigenvalue weighted by Crippen LogP contribution is 2.43. The van der Waals surface area contributed by atoms with Gasteiger partial charge in [-0.3, -0.25) is 0 Å². The summed E-state index contributed by atoms with van der Waals surface area (Å²) in [6.07, 6.45) is 0. The van der Waals surface area contributed by atoms with E-state index in [0.29, 0.717) is 12.0 Å². The lowest BCUT2D eigenvalue weighted by Crippen LogP contribution is -2.12. The van der Waals surface area contributed by atoms with E-state index in [-0.39, 0.29) is 0 Å². The first-order valence-corrected chi connectivity index (χ1v) is 10.4. The van der Waals surface area contributed by atoms with Crippen molar-refractivity contribution in [2.24, 2.45) is 0 Å². The zero-order valence-corrected chi connectivity index (χ0v) is 16.7. The van der Waals surface area contributed by atoms with Crippen LogP contribution in [0.15, 0.2) is 84.9 Å². The molecule has 0 radical (unpaired) electrons. The van der Waals surface area contributed by atoms with Gasteiger partial charge in [-0.1, -0.05) is 85.8 Å². The number of benzene rings is 5. The molecule has 2 atom stereocenters. The van der Waals surface area contributed by atoms with Gasteiger partial charge in [0.15, 0.2) is 0 Å². The molecule has 2 unspecified atom stereocenters. The number of anilines is 1. The van der Waals surface area contributed by atoms with Crippen LogP contribution in [0, 0.1) is 0 Å². The third kappa shape index (κ3) is 2.40. The van der Waals surface area contributed by atoms with Crippen LogP contribution in [0.3, 0.4) is 0 Å². The largest absolute Gasteiger partial charge is 0.381 e. The van der Waals surface area contributed by atoms with Crippen molar-refractivity contribution in [1.29, 1.82) is 0 Å². The Morgan fingerprint density at radius 1 is 0.621 bits per heavy atom. The second kappa shape index (κ2) is 6.09. The molecular weight excluding hydrogens is 350 g/mol. The average Bonchev–Trinajstić information content (AvgIpc) is 3.06. The monoisotopic (exact) mass is 373 g/mol. The maximum absolute atomic E-state index is 3.72. The van der Waals surface area contributed by atoms with Gasteiger partial charge in [-0.25, -0.2) is 0 Å². The third-order valence-electron chi connectivity index (χ3n) is 6.76. The van der Waals surface area contributed by atoms with Gasteiger partial charge < -0.3 is 5.32 Å². The lowest BCUT2D eigenvalue weighted by atomic mass is 9.91. The van der Waals surface area contributed by atoms with Gasteiger partial charge in [-0.15, -0.1) is 0 Å². The molecule has 1 N–H and O–H groups in total. The normalized spacial score (nSPS) is 18.3. The summed E-state index contributed by atoms with van der Waals surface area (Å²) in [4.78, 5) is 0. The van der Waals surface area contributed by atoms with Crippen LogP contribution in [0.4, 0.5) is 5.69 Å². The van der Waals surface area contributed by atoms with Gasteiger partial charge in [0.1, 0.15) is 0 Å². The van der Waals surface area contributed by atoms with Crippen LogP contribution in [0.2, 0.25) is 0 Å². The van der Waals surface area contributed by atoms with E-state index < -0.39 is 0 Å². The number of rotatable bonds is 1. The van der Waals surface area contributed by atoms with Gasteiger partial charge in [0, 0.05) is 23.0 Å². The fourth-order valence-electron chi connectivity index (χ4n) is 4.96. The summed E-state index contributed by atoms with van der Waals surface area (Å²) in [5.74, 6) is 0.550. The molecule has 1 aliphatic rings. The SMILES string of the molecule is CC1Nc2c(ccc3c2ccc2c(-c4ccc5ccccc5c4)cccc23)C1C. The Morgan fingerprint density at radius 3 is 2.28 bits per heavy atom. The molecule has 1 heterocycles. The molecule has 0 saturated heterocycles. The molecule has 0 spiro atoms. The van der Waals surface area contributed by atoms with Crippen molar-refractivity contribution in [3.8, 4) is 11.1 Å². The highest BCUT2D eigenvalue weighted by Gasteiger charge is 2.26. The van der Waals surface area contributed by atoms with Gasteiger partial charge in [0.2, 0.25) is 0 Å². The summed E-state index contributed by atoms with van der Waals surface area (Å²) in [7, 11) is 0. The highest BCUT2D eigenvalue weighted by atomic mass is 15.0. The molecular formula is C28H23N. The maximum Gasteiger partial charge on any atom is 0.0458 e. The summed E-state index contributed by atoms with van der Waals surface area (Å²) in [6, 6.07) is 31.8. The van der Waals surface area contributed by atoms with E-state index in [1.54, 1.807) is 0 Å². The molecule has 1 aliphatic heterocycles. The van der Waals surface area contributed by atoms with Crippen LogP contribution >= 0.6 is 0 Å². The molecule has 29 heavy (non-hydrogen) atoms. The van der Waals surface area contributed by atoms with Crippen LogP contribution in [-0.2, 0) is 0 Å². The summed E-state index contributed by atoms with van der Waals surface area (Å²) >= 11 is 0. The second-order valence-electron chi connectivity index (χ2n) is 8.37. The van der Waals surface area contributed by atoms with Crippen molar-refractivity contribution in [3.05, 3.63) is 90.5 Å². The predicted molar refractivity (Wildman–Crippen MR) is 126 cm³/mol. The van der Waals surface area contributed by atoms with Crippen molar-refractivity contribution < 1.29 is 0 Å². The van der Waals surface area contributed by atoms with E-state index in [4.69, 9.17) is 0 Å². The van der Waals surface area contributed by atoms with E-state index in [1.807, 2.05) is 0 Å². The molecule has 1 nitrogen and oxygen atoms in total. The fourth-order valence-corrected chi connectivity index (χ4v) is 4.96. The zero-order chi connectivity index (χ0) is 19.5. The van der Waals surface area contributed by atoms with Gasteiger partial charge in [0.05, 0.1) is 0 Å². The van der Waals surface area contributed by atoms with E-state index in [0.717, 1.165) is 0 Å². The van der Waals surface area contributed by atoms with Crippen molar-refractivity contribution >= 4 is 38.0 Å². The van der Waals surface area contributed by atoms with Crippen molar-refractivity contribution in [1.82, 2.24) is 0 Å². The van der Waals surface area contributed by atoms with Crippen LogP contribution < -0.4 is 5.32 Å². The van der Waals surface area contributed by atoms with Crippen molar-refractivity contribution in [2.45, 2.75) is 25.8 Å². The Morgan fingerprint density at radius 2 is 1.38 bits per heavy atom. The van der Waals surface area contributed by atoms with Gasteiger partial charge in [-0.05, 0) is 56.6 Å². The van der Waals surface area contributed by atoms with E-state index in [1.165, 1.54) is 54.7 Å². The molecule has 0 amide bonds. The Hall–Kier alpha value is -3.32. The zero-order valence-electron chi connectivity index (χ0n) is 16.7. The summed E-state index contributed by atoms with van der Waals surface area (Å²) < 4.78 is 0. The first kappa shape index (κ1) is 16.6. The molecule has 140 valence electrons. The Balaban J connectivity index is 1.61. The highest BCUT2D eigenvalue weighted by molar-refractivity contribution is 6.15. The number of hydrogen-bond acceptors (Lipinski definition) is 1. The molecule has 0 saturated carbocycles. The number of hydrogen-bond donors (Lipinski definition) is 1. The predicted octanol–water partition coefficient (Wildman–Crippen LogP) is 7.73. The molecule has 0 aromatic heterocycles. The minimum absolute atomic E-state index is 0.482. The average molecular weight is 373 g/mol. The van der Waals surface area contributed by atoms with Gasteiger partial charge >= 0.3 is 0 Å². The molecule has 0 aliphatic carbocycles. The molecule has 5 aromatic carbocycles. The Kier molecular flexibility index (Phi) is 3.49. The number of nitrogens with one attached hydrogen (secondary N) is 1. The van der Waals surface area contributed by atoms with Gasteiger partial charge in [0.25, 0.3) is 0 Å². The lowest BCUT2D eigenvalue weighted by molar-refractivity contribution is 0.690. The second-order valence-corrected chi connectivity index (χ2v) is 8.37. The van der Waals surface area contributed by atoms with Crippen LogP contribution in [0.1, 0.15) is 25.3 Å². The van der Waals surface area contributed by atoms with Crippen LogP contribution in [-0.4, -0.2) is 6.04 Å². The molecule has 0 bridgehead atoms. The fraction of sp³-hybridized carbons (Fsp3) is 0.143. The lowest BCUT2D eigenvalue weighted by Gasteiger charge is -2.13. The smallest absolute Gasteiger partial charge is 0.0458 e. The molecule has 1 heteroatoms.